The van der Waals surface area contributed by atoms with Gasteiger partial charge in [0.2, 0.25) is 0 Å². The van der Waals surface area contributed by atoms with Gasteiger partial charge in [-0.25, -0.2) is 0 Å². The van der Waals surface area contributed by atoms with Crippen molar-refractivity contribution in [3.63, 3.8) is 0 Å². The summed E-state index contributed by atoms with van der Waals surface area (Å²) in [5, 5.41) is 3.54. The predicted molar refractivity (Wildman–Crippen MR) is 119 cm³/mol. The van der Waals surface area contributed by atoms with E-state index in [-0.39, 0.29) is 0 Å². The van der Waals surface area contributed by atoms with Gasteiger partial charge in [-0.15, -0.1) is 0 Å². The van der Waals surface area contributed by atoms with Crippen LogP contribution in [0.1, 0.15) is 57.9 Å². The Bertz CT molecular complexity index is 628. The third-order valence-corrected chi connectivity index (χ3v) is 7.56. The van der Waals surface area contributed by atoms with Crippen LogP contribution in [0.3, 0.4) is 0 Å². The van der Waals surface area contributed by atoms with Gasteiger partial charge < -0.3 is 19.5 Å². The number of unbranched alkanes of at least 4 members (excludes halogenated alkanes) is 1. The molecule has 1 aromatic rings. The summed E-state index contributed by atoms with van der Waals surface area (Å²) in [6, 6.07) is 6.14. The van der Waals surface area contributed by atoms with Crippen LogP contribution in [-0.4, -0.2) is 40.5 Å². The zero-order valence-electron chi connectivity index (χ0n) is 19.0. The molecule has 164 valence electrons. The average Bonchev–Trinajstić information content (AvgIpc) is 2.74. The fraction of sp³-hybridized carbons (Fsp3) is 0.760. The Morgan fingerprint density at radius 1 is 1.00 bits per heavy atom. The predicted octanol–water partition coefficient (Wildman–Crippen LogP) is 5.10. The molecular formula is C25H41NO3. The lowest BCUT2D eigenvalue weighted by molar-refractivity contribution is -0.111. The number of ether oxygens (including phenoxy) is 3. The largest absolute Gasteiger partial charge is 0.493 e. The highest BCUT2D eigenvalue weighted by molar-refractivity contribution is 5.42. The molecule has 1 N–H and O–H groups in total. The van der Waals surface area contributed by atoms with Gasteiger partial charge in [-0.2, -0.15) is 0 Å². The van der Waals surface area contributed by atoms with Crippen molar-refractivity contribution in [2.24, 2.45) is 23.2 Å². The molecule has 29 heavy (non-hydrogen) atoms. The molecule has 0 aliphatic heterocycles. The average molecular weight is 404 g/mol. The Labute approximate surface area is 177 Å². The van der Waals surface area contributed by atoms with E-state index < -0.39 is 0 Å². The molecule has 0 spiro atoms. The molecule has 3 aliphatic carbocycles. The standard InChI is InChI=1S/C25H41NO3/c1-25(2)21-9-8-20(22(25)18-21)12-16-29-15-6-5-13-26-14-11-19-7-10-23(27-3)24(17-19)28-4/h7,10,17,20-22,26H,5-6,8-9,11-16,18H2,1-4H3/t20-,21-,22-/m0/s1. The Hall–Kier alpha value is -1.26. The molecule has 4 nitrogen and oxygen atoms in total. The van der Waals surface area contributed by atoms with Gasteiger partial charge in [-0.05, 0) is 98.9 Å². The zero-order valence-corrected chi connectivity index (χ0v) is 19.0. The molecule has 3 aliphatic rings. The molecule has 0 radical (unpaired) electrons. The molecule has 0 unspecified atom stereocenters. The van der Waals surface area contributed by atoms with Crippen molar-refractivity contribution in [1.82, 2.24) is 5.32 Å². The second-order valence-electron chi connectivity index (χ2n) is 9.50. The Kier molecular flexibility index (Phi) is 8.25. The number of hydrogen-bond acceptors (Lipinski definition) is 4. The first kappa shape index (κ1) is 22.4. The maximum Gasteiger partial charge on any atom is 0.160 e. The molecule has 0 aromatic heterocycles. The van der Waals surface area contributed by atoms with Crippen LogP contribution in [0.5, 0.6) is 11.5 Å². The maximum absolute atomic E-state index is 5.94. The molecule has 2 bridgehead atoms. The summed E-state index contributed by atoms with van der Waals surface area (Å²) in [5.41, 5.74) is 1.87. The second kappa shape index (κ2) is 10.7. The van der Waals surface area contributed by atoms with Crippen LogP contribution in [0, 0.1) is 23.2 Å². The van der Waals surface area contributed by atoms with E-state index in [2.05, 4.69) is 31.3 Å². The minimum Gasteiger partial charge on any atom is -0.493 e. The molecule has 1 aromatic carbocycles. The summed E-state index contributed by atoms with van der Waals surface area (Å²) in [7, 11) is 3.35. The lowest BCUT2D eigenvalue weighted by Crippen LogP contribution is -2.52. The fourth-order valence-corrected chi connectivity index (χ4v) is 5.49. The van der Waals surface area contributed by atoms with Gasteiger partial charge in [0.25, 0.3) is 0 Å². The quantitative estimate of drug-likeness (QED) is 0.465. The normalized spacial score (nSPS) is 24.8. The van der Waals surface area contributed by atoms with Crippen molar-refractivity contribution in [2.75, 3.05) is 40.5 Å². The van der Waals surface area contributed by atoms with Crippen LogP contribution in [0.2, 0.25) is 0 Å². The summed E-state index contributed by atoms with van der Waals surface area (Å²) in [6.07, 6.45) is 8.95. The number of fused-ring (bicyclic) bond motifs is 2. The minimum absolute atomic E-state index is 0.603. The first-order valence-electron chi connectivity index (χ1n) is 11.6. The molecule has 0 saturated heterocycles. The van der Waals surface area contributed by atoms with Gasteiger partial charge in [0.05, 0.1) is 14.2 Å². The van der Waals surface area contributed by atoms with E-state index in [4.69, 9.17) is 14.2 Å². The van der Waals surface area contributed by atoms with Crippen LogP contribution in [-0.2, 0) is 11.2 Å². The van der Waals surface area contributed by atoms with Gasteiger partial charge >= 0.3 is 0 Å². The fourth-order valence-electron chi connectivity index (χ4n) is 5.49. The minimum atomic E-state index is 0.603. The van der Waals surface area contributed by atoms with E-state index >= 15 is 0 Å². The Morgan fingerprint density at radius 2 is 1.83 bits per heavy atom. The van der Waals surface area contributed by atoms with E-state index in [0.29, 0.717) is 5.41 Å². The summed E-state index contributed by atoms with van der Waals surface area (Å²) >= 11 is 0. The number of benzene rings is 1. The van der Waals surface area contributed by atoms with E-state index in [1.165, 1.54) is 37.7 Å². The van der Waals surface area contributed by atoms with Crippen molar-refractivity contribution in [3.05, 3.63) is 23.8 Å². The SMILES string of the molecule is COc1ccc(CCNCCCCOCC[C@@H]2CC[C@H]3C[C@@H]2C3(C)C)cc1OC. The first-order chi connectivity index (χ1) is 14.1. The second-order valence-corrected chi connectivity index (χ2v) is 9.50. The zero-order chi connectivity index (χ0) is 20.7. The van der Waals surface area contributed by atoms with Gasteiger partial charge in [0, 0.05) is 13.2 Å². The smallest absolute Gasteiger partial charge is 0.160 e. The highest BCUT2D eigenvalue weighted by atomic mass is 16.5. The Morgan fingerprint density at radius 3 is 2.55 bits per heavy atom. The molecular weight excluding hydrogens is 362 g/mol. The monoisotopic (exact) mass is 403 g/mol. The van der Waals surface area contributed by atoms with Crippen molar-refractivity contribution in [3.8, 4) is 11.5 Å². The third kappa shape index (κ3) is 5.67. The molecule has 4 rings (SSSR count). The molecule has 3 saturated carbocycles. The van der Waals surface area contributed by atoms with E-state index in [1.54, 1.807) is 14.2 Å². The molecule has 0 amide bonds. The lowest BCUT2D eigenvalue weighted by Gasteiger charge is -2.60. The van der Waals surface area contributed by atoms with Gasteiger partial charge in [-0.1, -0.05) is 19.9 Å². The molecule has 3 atom stereocenters. The summed E-state index contributed by atoms with van der Waals surface area (Å²) in [5.74, 6) is 4.46. The third-order valence-electron chi connectivity index (χ3n) is 7.56. The highest BCUT2D eigenvalue weighted by Gasteiger charge is 2.53. The van der Waals surface area contributed by atoms with E-state index in [9.17, 15) is 0 Å². The lowest BCUT2D eigenvalue weighted by atomic mass is 9.45. The van der Waals surface area contributed by atoms with Crippen LogP contribution >= 0.6 is 0 Å². The van der Waals surface area contributed by atoms with Crippen molar-refractivity contribution < 1.29 is 14.2 Å². The first-order valence-corrected chi connectivity index (χ1v) is 11.6. The van der Waals surface area contributed by atoms with Gasteiger partial charge in [-0.3, -0.25) is 0 Å². The van der Waals surface area contributed by atoms with Crippen molar-refractivity contribution in [1.29, 1.82) is 0 Å². The van der Waals surface area contributed by atoms with E-state index in [1.807, 2.05) is 6.07 Å². The number of nitrogens with one attached hydrogen (secondary N) is 1. The van der Waals surface area contributed by atoms with Crippen LogP contribution in [0.25, 0.3) is 0 Å². The maximum atomic E-state index is 5.94. The van der Waals surface area contributed by atoms with Crippen LogP contribution in [0.4, 0.5) is 0 Å². The van der Waals surface area contributed by atoms with Gasteiger partial charge in [0.15, 0.2) is 11.5 Å². The van der Waals surface area contributed by atoms with Crippen LogP contribution < -0.4 is 14.8 Å². The Balaban J connectivity index is 1.17. The molecule has 4 heteroatoms. The van der Waals surface area contributed by atoms with Crippen molar-refractivity contribution in [2.45, 2.75) is 58.8 Å². The number of rotatable bonds is 13. The van der Waals surface area contributed by atoms with E-state index in [0.717, 1.165) is 68.4 Å². The number of hydrogen-bond donors (Lipinski definition) is 1. The summed E-state index contributed by atoms with van der Waals surface area (Å²) in [6.45, 7) is 8.86. The summed E-state index contributed by atoms with van der Waals surface area (Å²) in [4.78, 5) is 0. The molecule has 0 heterocycles. The topological polar surface area (TPSA) is 39.7 Å². The van der Waals surface area contributed by atoms with Crippen molar-refractivity contribution >= 4 is 0 Å². The summed E-state index contributed by atoms with van der Waals surface area (Å²) < 4.78 is 16.6. The molecule has 3 fully saturated rings. The number of methoxy groups -OCH3 is 2. The highest BCUT2D eigenvalue weighted by Crippen LogP contribution is 2.61. The van der Waals surface area contributed by atoms with Crippen LogP contribution in [0.15, 0.2) is 18.2 Å². The van der Waals surface area contributed by atoms with Gasteiger partial charge in [0.1, 0.15) is 0 Å².